The molecular formula is C22H24N4O. The summed E-state index contributed by atoms with van der Waals surface area (Å²) in [4.78, 5) is 24.4. The van der Waals surface area contributed by atoms with Gasteiger partial charge in [-0.15, -0.1) is 0 Å². The van der Waals surface area contributed by atoms with Crippen molar-refractivity contribution in [2.24, 2.45) is 0 Å². The van der Waals surface area contributed by atoms with E-state index in [9.17, 15) is 4.79 Å². The Morgan fingerprint density at radius 2 is 1.85 bits per heavy atom. The first kappa shape index (κ1) is 17.5. The van der Waals surface area contributed by atoms with Crippen molar-refractivity contribution >= 4 is 22.8 Å². The van der Waals surface area contributed by atoms with Crippen LogP contribution in [-0.2, 0) is 4.79 Å². The molecule has 1 aliphatic rings. The number of aromatic nitrogens is 2. The molecule has 1 aromatic heterocycles. The van der Waals surface area contributed by atoms with Gasteiger partial charge in [-0.3, -0.25) is 4.79 Å². The summed E-state index contributed by atoms with van der Waals surface area (Å²) in [5.74, 6) is 0.689. The molecular weight excluding hydrogens is 336 g/mol. The van der Waals surface area contributed by atoms with E-state index >= 15 is 0 Å². The lowest BCUT2D eigenvalue weighted by Crippen LogP contribution is -2.44. The highest BCUT2D eigenvalue weighted by Gasteiger charge is 2.33. The highest BCUT2D eigenvalue weighted by molar-refractivity contribution is 5.87. The monoisotopic (exact) mass is 360 g/mol. The SMILES string of the molecule is Cc1nc(N2CCC[C@@H]2C(=O)N[C@@H](C)c2ccccc2)nc2ccccc12. The van der Waals surface area contributed by atoms with Crippen LogP contribution in [-0.4, -0.2) is 28.5 Å². The molecule has 2 atom stereocenters. The molecule has 2 heterocycles. The topological polar surface area (TPSA) is 58.1 Å². The van der Waals surface area contributed by atoms with Gasteiger partial charge in [-0.25, -0.2) is 9.97 Å². The van der Waals surface area contributed by atoms with Gasteiger partial charge in [-0.05, 0) is 38.3 Å². The van der Waals surface area contributed by atoms with Crippen molar-refractivity contribution in [2.45, 2.75) is 38.8 Å². The number of amides is 1. The van der Waals surface area contributed by atoms with Gasteiger partial charge in [0.2, 0.25) is 11.9 Å². The Labute approximate surface area is 159 Å². The molecule has 0 saturated carbocycles. The maximum Gasteiger partial charge on any atom is 0.243 e. The van der Waals surface area contributed by atoms with Gasteiger partial charge in [0.25, 0.3) is 0 Å². The first-order valence-corrected chi connectivity index (χ1v) is 9.49. The van der Waals surface area contributed by atoms with E-state index in [0.717, 1.165) is 41.5 Å². The van der Waals surface area contributed by atoms with Crippen LogP contribution in [0, 0.1) is 6.92 Å². The summed E-state index contributed by atoms with van der Waals surface area (Å²) in [7, 11) is 0. The second-order valence-electron chi connectivity index (χ2n) is 7.12. The van der Waals surface area contributed by atoms with E-state index in [1.54, 1.807) is 0 Å². The summed E-state index contributed by atoms with van der Waals surface area (Å²) in [5.41, 5.74) is 2.97. The number of benzene rings is 2. The molecule has 5 heteroatoms. The van der Waals surface area contributed by atoms with Crippen LogP contribution in [0.4, 0.5) is 5.95 Å². The molecule has 1 aliphatic heterocycles. The predicted octanol–water partition coefficient (Wildman–Crippen LogP) is 3.78. The zero-order valence-electron chi connectivity index (χ0n) is 15.7. The molecule has 27 heavy (non-hydrogen) atoms. The first-order chi connectivity index (χ1) is 13.1. The highest BCUT2D eigenvalue weighted by atomic mass is 16.2. The maximum atomic E-state index is 13.0. The number of carbonyl (C=O) groups is 1. The lowest BCUT2D eigenvalue weighted by molar-refractivity contribution is -0.122. The third-order valence-electron chi connectivity index (χ3n) is 5.25. The van der Waals surface area contributed by atoms with Crippen molar-refractivity contribution in [1.82, 2.24) is 15.3 Å². The average molecular weight is 360 g/mol. The molecule has 0 bridgehead atoms. The normalized spacial score (nSPS) is 17.9. The number of aryl methyl sites for hydroxylation is 1. The molecule has 0 radical (unpaired) electrons. The first-order valence-electron chi connectivity index (χ1n) is 9.49. The lowest BCUT2D eigenvalue weighted by Gasteiger charge is -2.26. The number of rotatable bonds is 4. The van der Waals surface area contributed by atoms with E-state index in [-0.39, 0.29) is 18.0 Å². The van der Waals surface area contributed by atoms with Crippen LogP contribution in [0.5, 0.6) is 0 Å². The predicted molar refractivity (Wildman–Crippen MR) is 108 cm³/mol. The minimum absolute atomic E-state index is 0.0274. The van der Waals surface area contributed by atoms with Gasteiger partial charge in [-0.2, -0.15) is 0 Å². The smallest absolute Gasteiger partial charge is 0.243 e. The molecule has 1 N–H and O–H groups in total. The van der Waals surface area contributed by atoms with Gasteiger partial charge in [-0.1, -0.05) is 48.5 Å². The Hall–Kier alpha value is -2.95. The number of nitrogens with one attached hydrogen (secondary N) is 1. The van der Waals surface area contributed by atoms with Crippen LogP contribution in [0.25, 0.3) is 10.9 Å². The molecule has 0 unspecified atom stereocenters. The number of nitrogens with zero attached hydrogens (tertiary/aromatic N) is 3. The average Bonchev–Trinajstić information content (AvgIpc) is 3.19. The zero-order chi connectivity index (χ0) is 18.8. The number of carbonyl (C=O) groups excluding carboxylic acids is 1. The Kier molecular flexibility index (Phi) is 4.75. The minimum Gasteiger partial charge on any atom is -0.348 e. The fourth-order valence-corrected chi connectivity index (χ4v) is 3.76. The van der Waals surface area contributed by atoms with E-state index in [4.69, 9.17) is 4.98 Å². The van der Waals surface area contributed by atoms with E-state index in [1.807, 2.05) is 73.3 Å². The van der Waals surface area contributed by atoms with Crippen LogP contribution in [0.1, 0.15) is 37.1 Å². The Morgan fingerprint density at radius 1 is 1.11 bits per heavy atom. The molecule has 2 aromatic carbocycles. The second-order valence-corrected chi connectivity index (χ2v) is 7.12. The van der Waals surface area contributed by atoms with Gasteiger partial charge >= 0.3 is 0 Å². The van der Waals surface area contributed by atoms with Crippen LogP contribution in [0.15, 0.2) is 54.6 Å². The number of para-hydroxylation sites is 1. The van der Waals surface area contributed by atoms with E-state index in [2.05, 4.69) is 10.3 Å². The van der Waals surface area contributed by atoms with Crippen LogP contribution in [0.2, 0.25) is 0 Å². The third kappa shape index (κ3) is 3.50. The fraction of sp³-hybridized carbons (Fsp3) is 0.318. The van der Waals surface area contributed by atoms with E-state index < -0.39 is 0 Å². The summed E-state index contributed by atoms with van der Waals surface area (Å²) in [6.07, 6.45) is 1.79. The molecule has 1 saturated heterocycles. The molecule has 1 amide bonds. The van der Waals surface area contributed by atoms with Crippen molar-refractivity contribution in [3.63, 3.8) is 0 Å². The van der Waals surface area contributed by atoms with Crippen molar-refractivity contribution in [3.8, 4) is 0 Å². The summed E-state index contributed by atoms with van der Waals surface area (Å²) in [6.45, 7) is 4.81. The Balaban J connectivity index is 1.56. The van der Waals surface area contributed by atoms with Crippen LogP contribution in [0.3, 0.4) is 0 Å². The zero-order valence-corrected chi connectivity index (χ0v) is 15.7. The quantitative estimate of drug-likeness (QED) is 0.769. The molecule has 0 spiro atoms. The van der Waals surface area contributed by atoms with Crippen molar-refractivity contribution in [3.05, 3.63) is 65.9 Å². The minimum atomic E-state index is -0.225. The summed E-state index contributed by atoms with van der Waals surface area (Å²) < 4.78 is 0. The largest absolute Gasteiger partial charge is 0.348 e. The Morgan fingerprint density at radius 3 is 2.67 bits per heavy atom. The van der Waals surface area contributed by atoms with Crippen molar-refractivity contribution in [2.75, 3.05) is 11.4 Å². The van der Waals surface area contributed by atoms with Crippen molar-refractivity contribution in [1.29, 1.82) is 0 Å². The number of fused-ring (bicyclic) bond motifs is 1. The Bertz CT molecular complexity index is 957. The molecule has 0 aliphatic carbocycles. The summed E-state index contributed by atoms with van der Waals surface area (Å²) >= 11 is 0. The molecule has 1 fully saturated rings. The van der Waals surface area contributed by atoms with Gasteiger partial charge in [0.05, 0.1) is 17.3 Å². The maximum absolute atomic E-state index is 13.0. The van der Waals surface area contributed by atoms with Crippen molar-refractivity contribution < 1.29 is 4.79 Å². The van der Waals surface area contributed by atoms with Gasteiger partial charge in [0.15, 0.2) is 0 Å². The standard InChI is InChI=1S/C22H24N4O/c1-15(17-9-4-3-5-10-17)23-21(27)20-13-8-14-26(20)22-24-16(2)18-11-6-7-12-19(18)25-22/h3-7,9-12,15,20H,8,13-14H2,1-2H3,(H,23,27)/t15-,20+/m0/s1. The van der Waals surface area contributed by atoms with Gasteiger partial charge in [0, 0.05) is 11.9 Å². The third-order valence-corrected chi connectivity index (χ3v) is 5.25. The molecule has 5 nitrogen and oxygen atoms in total. The summed E-state index contributed by atoms with van der Waals surface area (Å²) in [6, 6.07) is 17.8. The van der Waals surface area contributed by atoms with Crippen LogP contribution >= 0.6 is 0 Å². The number of hydrogen-bond donors (Lipinski definition) is 1. The molecule has 3 aromatic rings. The van der Waals surface area contributed by atoms with E-state index in [0.29, 0.717) is 5.95 Å². The molecule has 4 rings (SSSR count). The van der Waals surface area contributed by atoms with Gasteiger partial charge in [0.1, 0.15) is 6.04 Å². The summed E-state index contributed by atoms with van der Waals surface area (Å²) in [5, 5.41) is 4.21. The highest BCUT2D eigenvalue weighted by Crippen LogP contribution is 2.26. The fourth-order valence-electron chi connectivity index (χ4n) is 3.76. The van der Waals surface area contributed by atoms with Crippen LogP contribution < -0.4 is 10.2 Å². The van der Waals surface area contributed by atoms with E-state index in [1.165, 1.54) is 0 Å². The number of anilines is 1. The number of hydrogen-bond acceptors (Lipinski definition) is 4. The lowest BCUT2D eigenvalue weighted by atomic mass is 10.1. The second kappa shape index (κ2) is 7.35. The van der Waals surface area contributed by atoms with Gasteiger partial charge < -0.3 is 10.2 Å². The molecule has 138 valence electrons.